The van der Waals surface area contributed by atoms with E-state index in [1.807, 2.05) is 24.5 Å². The number of fused-ring (bicyclic) bond motifs is 1. The van der Waals surface area contributed by atoms with E-state index in [1.54, 1.807) is 0 Å². The van der Waals surface area contributed by atoms with E-state index in [2.05, 4.69) is 85.4 Å². The molecule has 1 saturated heterocycles. The number of benzene rings is 2. The van der Waals surface area contributed by atoms with E-state index < -0.39 is 0 Å². The molecule has 0 unspecified atom stereocenters. The molecule has 0 amide bonds. The largest absolute Gasteiger partial charge is 0.376 e. The number of pyridine rings is 1. The van der Waals surface area contributed by atoms with Gasteiger partial charge in [-0.1, -0.05) is 39.0 Å². The molecule has 2 aromatic carbocycles. The summed E-state index contributed by atoms with van der Waals surface area (Å²) in [7, 11) is 0. The quantitative estimate of drug-likeness (QED) is 0.391. The molecule has 6 nitrogen and oxygen atoms in total. The maximum Gasteiger partial charge on any atom is 0.145 e. The number of nitrogens with one attached hydrogen (secondary N) is 1. The number of anilines is 2. The predicted molar refractivity (Wildman–Crippen MR) is 142 cm³/mol. The lowest BCUT2D eigenvalue weighted by atomic mass is 9.87. The number of rotatable bonds is 5. The summed E-state index contributed by atoms with van der Waals surface area (Å²) in [6, 6.07) is 19.0. The summed E-state index contributed by atoms with van der Waals surface area (Å²) >= 11 is 0. The Bertz CT molecular complexity index is 1300. The van der Waals surface area contributed by atoms with E-state index >= 15 is 0 Å². The monoisotopic (exact) mass is 467 g/mol. The predicted octanol–water partition coefficient (Wildman–Crippen LogP) is 5.95. The second kappa shape index (κ2) is 9.72. The first-order chi connectivity index (χ1) is 16.8. The summed E-state index contributed by atoms with van der Waals surface area (Å²) in [5.41, 5.74) is 5.61. The van der Waals surface area contributed by atoms with E-state index in [0.717, 1.165) is 59.1 Å². The van der Waals surface area contributed by atoms with Crippen LogP contribution in [0.15, 0.2) is 67.0 Å². The summed E-state index contributed by atoms with van der Waals surface area (Å²) in [5.74, 6) is 1.64. The highest BCUT2D eigenvalue weighted by atomic mass is 16.5. The van der Waals surface area contributed by atoms with Crippen molar-refractivity contribution in [2.24, 2.45) is 0 Å². The van der Waals surface area contributed by atoms with E-state index in [0.29, 0.717) is 6.54 Å². The normalized spacial score (nSPS) is 17.0. The molecule has 3 heterocycles. The topological polar surface area (TPSA) is 63.2 Å². The SMILES string of the molecule is C[C@H]1CN(Cc2nc(Nc3ccc(C(C)(C)C)cc3)c3ccc(-c4ccncc4)cc3n2)CCO1. The van der Waals surface area contributed by atoms with Gasteiger partial charge >= 0.3 is 0 Å². The zero-order valence-corrected chi connectivity index (χ0v) is 21.0. The number of aromatic nitrogens is 3. The lowest BCUT2D eigenvalue weighted by molar-refractivity contribution is -0.0219. The molecule has 0 aliphatic carbocycles. The highest BCUT2D eigenvalue weighted by molar-refractivity contribution is 5.93. The van der Waals surface area contributed by atoms with Crippen LogP contribution in [0.2, 0.25) is 0 Å². The van der Waals surface area contributed by atoms with E-state index in [9.17, 15) is 0 Å². The van der Waals surface area contributed by atoms with Crippen LogP contribution in [0.4, 0.5) is 11.5 Å². The van der Waals surface area contributed by atoms with Gasteiger partial charge in [-0.15, -0.1) is 0 Å². The first kappa shape index (κ1) is 23.4. The van der Waals surface area contributed by atoms with E-state index in [-0.39, 0.29) is 11.5 Å². The van der Waals surface area contributed by atoms with Crippen molar-refractivity contribution in [3.8, 4) is 11.1 Å². The average molecular weight is 468 g/mol. The maximum atomic E-state index is 5.72. The second-order valence-corrected chi connectivity index (χ2v) is 10.3. The molecule has 4 aromatic rings. The van der Waals surface area contributed by atoms with Crippen LogP contribution in [-0.4, -0.2) is 45.7 Å². The van der Waals surface area contributed by atoms with Crippen molar-refractivity contribution in [3.05, 3.63) is 78.4 Å². The number of hydrogen-bond donors (Lipinski definition) is 1. The van der Waals surface area contributed by atoms with Crippen LogP contribution >= 0.6 is 0 Å². The van der Waals surface area contributed by atoms with Gasteiger partial charge in [-0.3, -0.25) is 9.88 Å². The standard InChI is InChI=1S/C29H33N5O/c1-20-18-34(15-16-35-20)19-27-32-26-17-22(21-11-13-30-14-12-21)5-10-25(26)28(33-27)31-24-8-6-23(7-9-24)29(2,3)4/h5-14,17,20H,15-16,18-19H2,1-4H3,(H,31,32,33)/t20-/m0/s1. The van der Waals surface area contributed by atoms with Crippen LogP contribution in [-0.2, 0) is 16.7 Å². The third kappa shape index (κ3) is 5.50. The molecule has 1 atom stereocenters. The Morgan fingerprint density at radius 1 is 0.971 bits per heavy atom. The van der Waals surface area contributed by atoms with Gasteiger partial charge in [0.1, 0.15) is 11.6 Å². The molecule has 1 aliphatic rings. The molecule has 180 valence electrons. The molecule has 1 fully saturated rings. The van der Waals surface area contributed by atoms with E-state index in [1.165, 1.54) is 5.56 Å². The van der Waals surface area contributed by atoms with Gasteiger partial charge < -0.3 is 10.1 Å². The Morgan fingerprint density at radius 2 is 1.74 bits per heavy atom. The van der Waals surface area contributed by atoms with Gasteiger partial charge in [-0.2, -0.15) is 0 Å². The van der Waals surface area contributed by atoms with Crippen molar-refractivity contribution < 1.29 is 4.74 Å². The van der Waals surface area contributed by atoms with Crippen LogP contribution in [0.25, 0.3) is 22.0 Å². The van der Waals surface area contributed by atoms with Crippen LogP contribution < -0.4 is 5.32 Å². The van der Waals surface area contributed by atoms with Crippen molar-refractivity contribution in [1.29, 1.82) is 0 Å². The Hall–Kier alpha value is -3.35. The lowest BCUT2D eigenvalue weighted by Gasteiger charge is -2.30. The molecule has 5 rings (SSSR count). The Labute approximate surface area is 207 Å². The number of ether oxygens (including phenoxy) is 1. The minimum absolute atomic E-state index is 0.117. The van der Waals surface area contributed by atoms with Gasteiger partial charge in [0.2, 0.25) is 0 Å². The molecule has 1 aliphatic heterocycles. The van der Waals surface area contributed by atoms with Crippen LogP contribution in [0.1, 0.15) is 39.1 Å². The fraction of sp³-hybridized carbons (Fsp3) is 0.345. The van der Waals surface area contributed by atoms with Gasteiger partial charge in [0.05, 0.1) is 24.8 Å². The van der Waals surface area contributed by atoms with Gasteiger partial charge in [0, 0.05) is 36.6 Å². The molecule has 6 heteroatoms. The van der Waals surface area contributed by atoms with Crippen LogP contribution in [0.5, 0.6) is 0 Å². The molecule has 2 aromatic heterocycles. The highest BCUT2D eigenvalue weighted by Crippen LogP contribution is 2.30. The smallest absolute Gasteiger partial charge is 0.145 e. The Kier molecular flexibility index (Phi) is 6.50. The lowest BCUT2D eigenvalue weighted by Crippen LogP contribution is -2.40. The molecular formula is C29H33N5O. The van der Waals surface area contributed by atoms with Crippen molar-refractivity contribution >= 4 is 22.4 Å². The van der Waals surface area contributed by atoms with Gasteiger partial charge in [-0.05, 0) is 65.4 Å². The summed E-state index contributed by atoms with van der Waals surface area (Å²) in [6.07, 6.45) is 3.86. The first-order valence-electron chi connectivity index (χ1n) is 12.3. The minimum atomic E-state index is 0.117. The van der Waals surface area contributed by atoms with Gasteiger partial charge in [-0.25, -0.2) is 9.97 Å². The fourth-order valence-corrected chi connectivity index (χ4v) is 4.49. The third-order valence-electron chi connectivity index (χ3n) is 6.46. The van der Waals surface area contributed by atoms with Crippen molar-refractivity contribution in [1.82, 2.24) is 19.9 Å². The Balaban J connectivity index is 1.52. The molecular weight excluding hydrogens is 434 g/mol. The summed E-state index contributed by atoms with van der Waals surface area (Å²) in [5, 5.41) is 4.57. The minimum Gasteiger partial charge on any atom is -0.376 e. The van der Waals surface area contributed by atoms with Gasteiger partial charge in [0.25, 0.3) is 0 Å². The third-order valence-corrected chi connectivity index (χ3v) is 6.46. The van der Waals surface area contributed by atoms with Crippen molar-refractivity contribution in [2.75, 3.05) is 25.0 Å². The Morgan fingerprint density at radius 3 is 2.46 bits per heavy atom. The highest BCUT2D eigenvalue weighted by Gasteiger charge is 2.19. The van der Waals surface area contributed by atoms with Crippen molar-refractivity contribution in [3.63, 3.8) is 0 Å². The molecule has 35 heavy (non-hydrogen) atoms. The summed E-state index contributed by atoms with van der Waals surface area (Å²) in [4.78, 5) is 16.5. The zero-order chi connectivity index (χ0) is 24.4. The van der Waals surface area contributed by atoms with Crippen molar-refractivity contribution in [2.45, 2.75) is 45.8 Å². The van der Waals surface area contributed by atoms with E-state index in [4.69, 9.17) is 14.7 Å². The summed E-state index contributed by atoms with van der Waals surface area (Å²) < 4.78 is 5.72. The fourth-order valence-electron chi connectivity index (χ4n) is 4.49. The van der Waals surface area contributed by atoms with Crippen LogP contribution in [0, 0.1) is 0 Å². The maximum absolute atomic E-state index is 5.72. The average Bonchev–Trinajstić information content (AvgIpc) is 2.84. The van der Waals surface area contributed by atoms with Crippen LogP contribution in [0.3, 0.4) is 0 Å². The first-order valence-corrected chi connectivity index (χ1v) is 12.3. The molecule has 0 spiro atoms. The molecule has 0 saturated carbocycles. The molecule has 0 bridgehead atoms. The molecule has 1 N–H and O–H groups in total. The second-order valence-electron chi connectivity index (χ2n) is 10.3. The number of nitrogens with zero attached hydrogens (tertiary/aromatic N) is 4. The molecule has 0 radical (unpaired) electrons. The van der Waals surface area contributed by atoms with Gasteiger partial charge in [0.15, 0.2) is 0 Å². The zero-order valence-electron chi connectivity index (χ0n) is 21.0. The number of hydrogen-bond acceptors (Lipinski definition) is 6. The number of morpholine rings is 1. The summed E-state index contributed by atoms with van der Waals surface area (Å²) in [6.45, 7) is 12.0.